The molecule has 3 nitrogen and oxygen atoms in total. The monoisotopic (exact) mass is 166 g/mol. The van der Waals surface area contributed by atoms with Crippen LogP contribution in [0.2, 0.25) is 0 Å². The van der Waals surface area contributed by atoms with Crippen LogP contribution >= 0.6 is 11.3 Å². The summed E-state index contributed by atoms with van der Waals surface area (Å²) in [6.45, 7) is 1.90. The molecule has 0 amide bonds. The third kappa shape index (κ3) is 0.952. The summed E-state index contributed by atoms with van der Waals surface area (Å²) >= 11 is 1.27. The maximum absolute atomic E-state index is 9.13. The van der Waals surface area contributed by atoms with Crippen LogP contribution in [0.1, 0.15) is 5.69 Å². The van der Waals surface area contributed by atoms with E-state index >= 15 is 0 Å². The molecule has 2 aromatic heterocycles. The molecule has 11 heavy (non-hydrogen) atoms. The zero-order valence-electron chi connectivity index (χ0n) is 5.90. The zero-order chi connectivity index (χ0) is 7.84. The molecule has 0 aliphatic carbocycles. The van der Waals surface area contributed by atoms with Crippen LogP contribution in [-0.4, -0.2) is 15.1 Å². The van der Waals surface area contributed by atoms with Gasteiger partial charge in [0.2, 0.25) is 0 Å². The molecule has 56 valence electrons. The van der Waals surface area contributed by atoms with E-state index < -0.39 is 0 Å². The van der Waals surface area contributed by atoms with Crippen LogP contribution in [0.5, 0.6) is 5.06 Å². The lowest BCUT2D eigenvalue weighted by molar-refractivity contribution is 0.491. The van der Waals surface area contributed by atoms with Gasteiger partial charge >= 0.3 is 0 Å². The van der Waals surface area contributed by atoms with Crippen molar-refractivity contribution < 1.29 is 5.11 Å². The van der Waals surface area contributed by atoms with Crippen LogP contribution in [0.4, 0.5) is 0 Å². The third-order valence-corrected chi connectivity index (χ3v) is 2.36. The molecule has 0 bridgehead atoms. The molecule has 0 atom stereocenters. The quantitative estimate of drug-likeness (QED) is 0.648. The minimum absolute atomic E-state index is 0.295. The highest BCUT2D eigenvalue weighted by Crippen LogP contribution is 2.29. The highest BCUT2D eigenvalue weighted by Gasteiger charge is 2.03. The molecule has 0 aliphatic heterocycles. The second-order valence-corrected chi connectivity index (χ2v) is 3.27. The van der Waals surface area contributed by atoms with E-state index in [-0.39, 0.29) is 0 Å². The van der Waals surface area contributed by atoms with E-state index in [1.165, 1.54) is 17.7 Å². The van der Waals surface area contributed by atoms with Gasteiger partial charge in [0, 0.05) is 17.1 Å². The lowest BCUT2D eigenvalue weighted by Gasteiger charge is -1.89. The summed E-state index contributed by atoms with van der Waals surface area (Å²) in [6.07, 6.45) is 1.51. The average Bonchev–Trinajstić information content (AvgIpc) is 2.31. The molecule has 2 rings (SSSR count). The van der Waals surface area contributed by atoms with Gasteiger partial charge in [-0.2, -0.15) is 0 Å². The Morgan fingerprint density at radius 1 is 1.45 bits per heavy atom. The van der Waals surface area contributed by atoms with Gasteiger partial charge in [0.05, 0.1) is 0 Å². The number of nitrogens with zero attached hydrogens (tertiary/aromatic N) is 2. The minimum Gasteiger partial charge on any atom is -0.499 e. The Labute approximate surface area is 67.4 Å². The number of fused-ring (bicyclic) bond motifs is 1. The molecule has 0 saturated heterocycles. The molecular weight excluding hydrogens is 160 g/mol. The Morgan fingerprint density at radius 2 is 2.27 bits per heavy atom. The fourth-order valence-electron chi connectivity index (χ4n) is 0.961. The number of aromatic nitrogens is 2. The molecular formula is C7H6N2OS. The molecule has 2 aromatic rings. The lowest BCUT2D eigenvalue weighted by Crippen LogP contribution is -1.81. The Bertz CT molecular complexity index is 396. The van der Waals surface area contributed by atoms with Gasteiger partial charge in [-0.15, -0.1) is 0 Å². The summed E-state index contributed by atoms with van der Waals surface area (Å²) in [4.78, 5) is 8.86. The van der Waals surface area contributed by atoms with Crippen molar-refractivity contribution in [2.45, 2.75) is 6.92 Å². The van der Waals surface area contributed by atoms with Crippen LogP contribution in [0.25, 0.3) is 10.2 Å². The zero-order valence-corrected chi connectivity index (χ0v) is 6.72. The number of thiophene rings is 1. The summed E-state index contributed by atoms with van der Waals surface area (Å²) in [7, 11) is 0. The molecule has 2 heterocycles. The number of hydrogen-bond acceptors (Lipinski definition) is 4. The van der Waals surface area contributed by atoms with Crippen LogP contribution in [-0.2, 0) is 0 Å². The van der Waals surface area contributed by atoms with Crippen LogP contribution in [0.3, 0.4) is 0 Å². The number of hydrogen-bond donors (Lipinski definition) is 1. The molecule has 0 spiro atoms. The smallest absolute Gasteiger partial charge is 0.173 e. The van der Waals surface area contributed by atoms with Crippen molar-refractivity contribution in [1.82, 2.24) is 9.97 Å². The fourth-order valence-corrected chi connectivity index (χ4v) is 1.75. The molecule has 0 aromatic carbocycles. The second kappa shape index (κ2) is 2.17. The van der Waals surface area contributed by atoms with Crippen molar-refractivity contribution in [2.75, 3.05) is 0 Å². The van der Waals surface area contributed by atoms with Crippen molar-refractivity contribution in [3.63, 3.8) is 0 Å². The minimum atomic E-state index is 0.295. The third-order valence-electron chi connectivity index (χ3n) is 1.52. The van der Waals surface area contributed by atoms with Crippen molar-refractivity contribution in [2.24, 2.45) is 0 Å². The molecule has 0 fully saturated rings. The Balaban J connectivity index is 2.90. The number of aryl methyl sites for hydroxylation is 1. The van der Waals surface area contributed by atoms with Crippen molar-refractivity contribution >= 4 is 21.6 Å². The normalized spacial score (nSPS) is 10.6. The predicted octanol–water partition coefficient (Wildman–Crippen LogP) is 1.71. The SMILES string of the molecule is Cc1ncnc2sc(O)cc12. The molecule has 0 unspecified atom stereocenters. The van der Waals surface area contributed by atoms with E-state index in [1.54, 1.807) is 6.07 Å². The van der Waals surface area contributed by atoms with Gasteiger partial charge in [0.25, 0.3) is 0 Å². The number of rotatable bonds is 0. The van der Waals surface area contributed by atoms with Gasteiger partial charge in [0.1, 0.15) is 11.2 Å². The number of aromatic hydroxyl groups is 1. The summed E-state index contributed by atoms with van der Waals surface area (Å²) in [6, 6.07) is 1.69. The van der Waals surface area contributed by atoms with Gasteiger partial charge in [-0.1, -0.05) is 11.3 Å². The summed E-state index contributed by atoms with van der Waals surface area (Å²) in [5, 5.41) is 10.4. The van der Waals surface area contributed by atoms with Gasteiger partial charge in [-0.05, 0) is 6.92 Å². The molecule has 1 N–H and O–H groups in total. The highest BCUT2D eigenvalue weighted by atomic mass is 32.1. The van der Waals surface area contributed by atoms with E-state index in [4.69, 9.17) is 5.11 Å². The first-order chi connectivity index (χ1) is 5.27. The van der Waals surface area contributed by atoms with Crippen LogP contribution in [0, 0.1) is 6.92 Å². The van der Waals surface area contributed by atoms with Crippen LogP contribution in [0.15, 0.2) is 12.4 Å². The predicted molar refractivity (Wildman–Crippen MR) is 43.8 cm³/mol. The summed E-state index contributed by atoms with van der Waals surface area (Å²) < 4.78 is 0. The molecule has 0 radical (unpaired) electrons. The first-order valence-electron chi connectivity index (χ1n) is 3.17. The highest BCUT2D eigenvalue weighted by molar-refractivity contribution is 7.20. The molecule has 4 heteroatoms. The maximum atomic E-state index is 9.13. The van der Waals surface area contributed by atoms with Gasteiger partial charge < -0.3 is 5.11 Å². The van der Waals surface area contributed by atoms with E-state index in [1.807, 2.05) is 6.92 Å². The molecule has 0 aliphatic rings. The van der Waals surface area contributed by atoms with Crippen molar-refractivity contribution in [3.8, 4) is 5.06 Å². The van der Waals surface area contributed by atoms with E-state index in [2.05, 4.69) is 9.97 Å². The topological polar surface area (TPSA) is 46.0 Å². The van der Waals surface area contributed by atoms with E-state index in [0.29, 0.717) is 5.06 Å². The molecule has 0 saturated carbocycles. The lowest BCUT2D eigenvalue weighted by atomic mass is 10.3. The van der Waals surface area contributed by atoms with E-state index in [9.17, 15) is 0 Å². The van der Waals surface area contributed by atoms with Crippen LogP contribution < -0.4 is 0 Å². The first kappa shape index (κ1) is 6.54. The summed E-state index contributed by atoms with van der Waals surface area (Å²) in [5.41, 5.74) is 0.909. The Kier molecular flexibility index (Phi) is 1.29. The largest absolute Gasteiger partial charge is 0.499 e. The van der Waals surface area contributed by atoms with Gasteiger partial charge in [-0.3, -0.25) is 0 Å². The van der Waals surface area contributed by atoms with Gasteiger partial charge in [0.15, 0.2) is 5.06 Å². The van der Waals surface area contributed by atoms with Crippen molar-refractivity contribution in [1.29, 1.82) is 0 Å². The Morgan fingerprint density at radius 3 is 3.00 bits per heavy atom. The van der Waals surface area contributed by atoms with Crippen molar-refractivity contribution in [3.05, 3.63) is 18.1 Å². The second-order valence-electron chi connectivity index (χ2n) is 2.26. The first-order valence-corrected chi connectivity index (χ1v) is 3.99. The fraction of sp³-hybridized carbons (Fsp3) is 0.143. The van der Waals surface area contributed by atoms with E-state index in [0.717, 1.165) is 15.9 Å². The van der Waals surface area contributed by atoms with Gasteiger partial charge in [-0.25, -0.2) is 9.97 Å². The Hall–Kier alpha value is -1.16. The summed E-state index contributed by atoms with van der Waals surface area (Å²) in [5.74, 6) is 0. The maximum Gasteiger partial charge on any atom is 0.173 e. The average molecular weight is 166 g/mol. The standard InChI is InChI=1S/C7H6N2OS/c1-4-5-2-6(10)11-7(5)9-3-8-4/h2-3,10H,1H3.